The number of amides is 2. The predicted octanol–water partition coefficient (Wildman–Crippen LogP) is 6.62. The number of benzene rings is 2. The Morgan fingerprint density at radius 1 is 0.896 bits per heavy atom. The largest absolute Gasteiger partial charge is 0.433 e. The molecule has 2 aromatic carbocycles. The van der Waals surface area contributed by atoms with Crippen LogP contribution in [0.25, 0.3) is 17.3 Å². The minimum absolute atomic E-state index is 0.120. The van der Waals surface area contributed by atoms with Crippen LogP contribution in [0.4, 0.5) is 13.2 Å². The van der Waals surface area contributed by atoms with Crippen molar-refractivity contribution < 1.29 is 22.8 Å². The smallest absolute Gasteiger partial charge is 0.341 e. The summed E-state index contributed by atoms with van der Waals surface area (Å²) >= 11 is 0. The van der Waals surface area contributed by atoms with E-state index < -0.39 is 23.8 Å². The number of pyridine rings is 2. The topological polar surface area (TPSA) is 69.6 Å². The van der Waals surface area contributed by atoms with E-state index in [4.69, 9.17) is 0 Å². The number of hydrogen-bond acceptors (Lipinski definition) is 5. The van der Waals surface area contributed by atoms with E-state index in [0.717, 1.165) is 54.0 Å². The zero-order valence-electron chi connectivity index (χ0n) is 27.2. The van der Waals surface area contributed by atoms with E-state index in [2.05, 4.69) is 14.9 Å². The number of likely N-dealkylation sites (tertiary alicyclic amines) is 1. The van der Waals surface area contributed by atoms with Crippen LogP contribution in [0, 0.1) is 5.92 Å². The number of halogens is 3. The Bertz CT molecular complexity index is 1650. The summed E-state index contributed by atoms with van der Waals surface area (Å²) in [4.78, 5) is 42.0. The second-order valence-corrected chi connectivity index (χ2v) is 12.4. The zero-order chi connectivity index (χ0) is 34.1. The second-order valence-electron chi connectivity index (χ2n) is 12.4. The molecule has 48 heavy (non-hydrogen) atoms. The van der Waals surface area contributed by atoms with Gasteiger partial charge in [0.1, 0.15) is 11.7 Å². The van der Waals surface area contributed by atoms with E-state index in [9.17, 15) is 22.8 Å². The molecule has 0 N–H and O–H groups in total. The van der Waals surface area contributed by atoms with Crippen molar-refractivity contribution in [3.8, 4) is 11.3 Å². The van der Waals surface area contributed by atoms with Gasteiger partial charge in [0.25, 0.3) is 0 Å². The van der Waals surface area contributed by atoms with Crippen molar-refractivity contribution in [3.05, 3.63) is 126 Å². The zero-order valence-corrected chi connectivity index (χ0v) is 27.2. The summed E-state index contributed by atoms with van der Waals surface area (Å²) in [5.41, 5.74) is 2.81. The van der Waals surface area contributed by atoms with Gasteiger partial charge in [0.05, 0.1) is 5.69 Å². The molecule has 1 saturated heterocycles. The van der Waals surface area contributed by atoms with E-state index in [1.165, 1.54) is 18.2 Å². The number of nitrogens with zero attached hydrogens (tertiary/aromatic N) is 5. The van der Waals surface area contributed by atoms with Crippen LogP contribution in [0.3, 0.4) is 0 Å². The molecule has 1 aliphatic rings. The van der Waals surface area contributed by atoms with Crippen molar-refractivity contribution in [1.29, 1.82) is 0 Å². The van der Waals surface area contributed by atoms with Crippen molar-refractivity contribution in [1.82, 2.24) is 24.7 Å². The number of carbonyl (C=O) groups is 2. The van der Waals surface area contributed by atoms with E-state index in [-0.39, 0.29) is 12.5 Å². The Hall–Kier alpha value is -4.83. The number of piperidine rings is 1. The number of rotatable bonds is 11. The lowest BCUT2D eigenvalue weighted by atomic mass is 9.94. The van der Waals surface area contributed by atoms with Crippen LogP contribution >= 0.6 is 0 Å². The molecule has 7 nitrogen and oxygen atoms in total. The minimum atomic E-state index is -4.56. The molecule has 0 saturated carbocycles. The molecule has 0 radical (unpaired) electrons. The SMILES string of the molecule is CN(C)CC1CCN(C(=O)[C@H](Cc2ccccc2)N(Cc2ccc(-c3ccccn3)cc2)C(=O)/C=C/c2ccc(C(F)(F)F)nc2)CC1. The molecule has 2 amide bonds. The molecule has 250 valence electrons. The summed E-state index contributed by atoms with van der Waals surface area (Å²) in [6.07, 6.45) is 3.06. The first-order chi connectivity index (χ1) is 23.1. The van der Waals surface area contributed by atoms with Gasteiger partial charge in [0.15, 0.2) is 0 Å². The minimum Gasteiger partial charge on any atom is -0.341 e. The van der Waals surface area contributed by atoms with Gasteiger partial charge in [-0.1, -0.05) is 66.7 Å². The first-order valence-electron chi connectivity index (χ1n) is 16.1. The number of alkyl halides is 3. The Morgan fingerprint density at radius 3 is 2.21 bits per heavy atom. The fourth-order valence-electron chi connectivity index (χ4n) is 6.02. The van der Waals surface area contributed by atoms with Crippen molar-refractivity contribution in [2.75, 3.05) is 33.7 Å². The maximum Gasteiger partial charge on any atom is 0.433 e. The highest BCUT2D eigenvalue weighted by atomic mass is 19.4. The van der Waals surface area contributed by atoms with Crippen LogP contribution in [-0.2, 0) is 28.7 Å². The first kappa shape index (κ1) is 34.5. The van der Waals surface area contributed by atoms with Crippen molar-refractivity contribution in [2.24, 2.45) is 5.92 Å². The monoisotopic (exact) mass is 655 g/mol. The van der Waals surface area contributed by atoms with Crippen LogP contribution in [0.15, 0.2) is 103 Å². The van der Waals surface area contributed by atoms with E-state index in [1.807, 2.05) is 91.8 Å². The average Bonchev–Trinajstić information content (AvgIpc) is 3.09. The molecule has 0 unspecified atom stereocenters. The van der Waals surface area contributed by atoms with Crippen LogP contribution in [0.1, 0.15) is 35.2 Å². The molecule has 2 aromatic heterocycles. The lowest BCUT2D eigenvalue weighted by Gasteiger charge is -2.38. The molecule has 1 fully saturated rings. The maximum atomic E-state index is 14.4. The van der Waals surface area contributed by atoms with Crippen LogP contribution in [-0.4, -0.2) is 76.3 Å². The lowest BCUT2D eigenvalue weighted by molar-refractivity contribution is -0.145. The van der Waals surface area contributed by atoms with Gasteiger partial charge in [-0.25, -0.2) is 0 Å². The van der Waals surface area contributed by atoms with Gasteiger partial charge in [-0.05, 0) is 73.8 Å². The number of carbonyl (C=O) groups excluding carboxylic acids is 2. The predicted molar refractivity (Wildman–Crippen MR) is 180 cm³/mol. The third-order valence-electron chi connectivity index (χ3n) is 8.53. The molecule has 3 heterocycles. The van der Waals surface area contributed by atoms with E-state index in [0.29, 0.717) is 31.0 Å². The Labute approximate surface area is 279 Å². The molecule has 10 heteroatoms. The quantitative estimate of drug-likeness (QED) is 0.170. The van der Waals surface area contributed by atoms with E-state index in [1.54, 1.807) is 11.1 Å². The van der Waals surface area contributed by atoms with Crippen molar-refractivity contribution >= 4 is 17.9 Å². The standard InChI is InChI=1S/C38H40F3N5O2/c1-44(2)26-31-19-22-45(23-20-31)37(48)34(24-28-8-4-3-5-9-28)46(27-30-11-15-32(16-12-30)33-10-6-7-21-42-33)36(47)18-14-29-13-17-35(43-25-29)38(39,40)41/h3-18,21,25,31,34H,19-20,22-24,26-27H2,1-2H3/b18-14+/t34-/m0/s1. The lowest BCUT2D eigenvalue weighted by Crippen LogP contribution is -2.53. The third-order valence-corrected chi connectivity index (χ3v) is 8.53. The third kappa shape index (κ3) is 9.38. The highest BCUT2D eigenvalue weighted by Crippen LogP contribution is 2.28. The molecule has 0 aliphatic carbocycles. The normalized spacial score (nSPS) is 14.8. The molecule has 4 aromatic rings. The molecule has 1 aliphatic heterocycles. The van der Waals surface area contributed by atoms with Gasteiger partial charge in [-0.2, -0.15) is 13.2 Å². The van der Waals surface area contributed by atoms with Crippen LogP contribution < -0.4 is 0 Å². The second kappa shape index (κ2) is 15.8. The van der Waals surface area contributed by atoms with Gasteiger partial charge in [0, 0.05) is 56.6 Å². The van der Waals surface area contributed by atoms with Crippen LogP contribution in [0.5, 0.6) is 0 Å². The van der Waals surface area contributed by atoms with Crippen LogP contribution in [0.2, 0.25) is 0 Å². The van der Waals surface area contributed by atoms with Crippen molar-refractivity contribution in [3.63, 3.8) is 0 Å². The highest BCUT2D eigenvalue weighted by molar-refractivity contribution is 5.95. The fourth-order valence-corrected chi connectivity index (χ4v) is 6.02. The first-order valence-corrected chi connectivity index (χ1v) is 16.1. The number of hydrogen-bond donors (Lipinski definition) is 0. The Morgan fingerprint density at radius 2 is 1.60 bits per heavy atom. The maximum absolute atomic E-state index is 14.4. The summed E-state index contributed by atoms with van der Waals surface area (Å²) in [6, 6.07) is 24.3. The fraction of sp³-hybridized carbons (Fsp3) is 0.316. The van der Waals surface area contributed by atoms with Gasteiger partial charge in [-0.15, -0.1) is 0 Å². The molecular weight excluding hydrogens is 615 g/mol. The number of aromatic nitrogens is 2. The van der Waals surface area contributed by atoms with Crippen molar-refractivity contribution in [2.45, 2.75) is 38.0 Å². The summed E-state index contributed by atoms with van der Waals surface area (Å²) in [5.74, 6) is -0.0575. The molecule has 5 rings (SSSR count). The molecule has 0 spiro atoms. The summed E-state index contributed by atoms with van der Waals surface area (Å²) < 4.78 is 39.2. The molecule has 1 atom stereocenters. The Kier molecular flexibility index (Phi) is 11.4. The Balaban J connectivity index is 1.45. The summed E-state index contributed by atoms with van der Waals surface area (Å²) in [6.45, 7) is 2.32. The van der Waals surface area contributed by atoms with Gasteiger partial charge >= 0.3 is 6.18 Å². The molecular formula is C38H40F3N5O2. The van der Waals surface area contributed by atoms with E-state index >= 15 is 0 Å². The molecule has 0 bridgehead atoms. The highest BCUT2D eigenvalue weighted by Gasteiger charge is 2.35. The van der Waals surface area contributed by atoms with Gasteiger partial charge in [0.2, 0.25) is 11.8 Å². The average molecular weight is 656 g/mol. The summed E-state index contributed by atoms with van der Waals surface area (Å²) in [5, 5.41) is 0. The van der Waals surface area contributed by atoms with Gasteiger partial charge in [-0.3, -0.25) is 19.6 Å². The summed E-state index contributed by atoms with van der Waals surface area (Å²) in [7, 11) is 4.10. The van der Waals surface area contributed by atoms with Gasteiger partial charge < -0.3 is 14.7 Å².